The summed E-state index contributed by atoms with van der Waals surface area (Å²) in [5, 5.41) is 16.2. The number of benzene rings is 2. The van der Waals surface area contributed by atoms with Crippen molar-refractivity contribution in [1.29, 1.82) is 0 Å². The van der Waals surface area contributed by atoms with Crippen LogP contribution in [0.5, 0.6) is 5.75 Å². The fourth-order valence-corrected chi connectivity index (χ4v) is 3.54. The van der Waals surface area contributed by atoms with Gasteiger partial charge in [0, 0.05) is 21.7 Å². The summed E-state index contributed by atoms with van der Waals surface area (Å²) >= 11 is 6.17. The van der Waals surface area contributed by atoms with Crippen molar-refractivity contribution in [3.05, 3.63) is 60.3 Å². The highest BCUT2D eigenvalue weighted by molar-refractivity contribution is 7.79. The van der Waals surface area contributed by atoms with Gasteiger partial charge in [-0.15, -0.1) is 0 Å². The van der Waals surface area contributed by atoms with Gasteiger partial charge >= 0.3 is 0 Å². The van der Waals surface area contributed by atoms with Gasteiger partial charge in [-0.1, -0.05) is 48.6 Å². The summed E-state index contributed by atoms with van der Waals surface area (Å²) in [6.45, 7) is 0.826. The van der Waals surface area contributed by atoms with Crippen molar-refractivity contribution >= 4 is 50.2 Å². The van der Waals surface area contributed by atoms with E-state index in [2.05, 4.69) is 50.7 Å². The van der Waals surface area contributed by atoms with Crippen LogP contribution >= 0.6 is 23.8 Å². The molecule has 4 aromatic rings. The quantitative estimate of drug-likeness (QED) is 0.542. The molecule has 0 aliphatic carbocycles. The highest BCUT2D eigenvalue weighted by atomic mass is 32.1. The van der Waals surface area contributed by atoms with Gasteiger partial charge in [0.05, 0.1) is 18.4 Å². The zero-order valence-corrected chi connectivity index (χ0v) is 14.8. The van der Waals surface area contributed by atoms with E-state index < -0.39 is 0 Å². The molecule has 6 heteroatoms. The average Bonchev–Trinajstić information content (AvgIpc) is 3.19. The van der Waals surface area contributed by atoms with Crippen LogP contribution in [0.25, 0.3) is 21.1 Å². The molecule has 0 saturated carbocycles. The minimum Gasteiger partial charge on any atom is -0.507 e. The van der Waals surface area contributed by atoms with E-state index in [0.29, 0.717) is 5.56 Å². The predicted octanol–water partition coefficient (Wildman–Crippen LogP) is 4.17. The Bertz CT molecular complexity index is 975. The number of aromatic hydroxyl groups is 1. The van der Waals surface area contributed by atoms with Gasteiger partial charge in [-0.05, 0) is 30.7 Å². The summed E-state index contributed by atoms with van der Waals surface area (Å²) in [6, 6.07) is 15.4. The van der Waals surface area contributed by atoms with E-state index in [4.69, 9.17) is 5.11 Å². The van der Waals surface area contributed by atoms with Crippen LogP contribution in [0, 0.1) is 0 Å². The molecule has 0 unspecified atom stereocenters. The number of hydrogen-bond acceptors (Lipinski definition) is 5. The Kier molecular flexibility index (Phi) is 5.20. The predicted molar refractivity (Wildman–Crippen MR) is 105 cm³/mol. The van der Waals surface area contributed by atoms with Crippen molar-refractivity contribution in [2.45, 2.75) is 6.67 Å². The van der Waals surface area contributed by atoms with Crippen LogP contribution in [0.4, 0.5) is 0 Å². The minimum atomic E-state index is 0.243. The molecule has 0 spiro atoms. The van der Waals surface area contributed by atoms with E-state index in [1.165, 1.54) is 26.5 Å². The first-order valence-electron chi connectivity index (χ1n) is 7.45. The van der Waals surface area contributed by atoms with Crippen molar-refractivity contribution in [2.75, 3.05) is 7.05 Å². The summed E-state index contributed by atoms with van der Waals surface area (Å²) < 4.78 is 6.51. The number of rotatable bonds is 3. The highest BCUT2D eigenvalue weighted by Crippen LogP contribution is 2.30. The Morgan fingerprint density at radius 2 is 1.92 bits per heavy atom. The molecule has 24 heavy (non-hydrogen) atoms. The summed E-state index contributed by atoms with van der Waals surface area (Å²) in [5.41, 5.74) is 1.98. The second-order valence-electron chi connectivity index (χ2n) is 5.18. The van der Waals surface area contributed by atoms with Crippen LogP contribution in [0.15, 0.2) is 54.7 Å². The molecule has 0 saturated heterocycles. The van der Waals surface area contributed by atoms with E-state index >= 15 is 0 Å². The smallest absolute Gasteiger partial charge is 0.125 e. The first-order valence-corrected chi connectivity index (χ1v) is 8.70. The Hall–Kier alpha value is -2.28. The van der Waals surface area contributed by atoms with E-state index in [1.54, 1.807) is 29.7 Å². The third-order valence-electron chi connectivity index (χ3n) is 3.66. The second kappa shape index (κ2) is 7.53. The number of aromatic nitrogens is 2. The third kappa shape index (κ3) is 3.17. The van der Waals surface area contributed by atoms with Gasteiger partial charge in [-0.2, -0.15) is 4.37 Å². The first kappa shape index (κ1) is 16.6. The third-order valence-corrected chi connectivity index (χ3v) is 4.74. The molecule has 4 nitrogen and oxygen atoms in total. The maximum absolute atomic E-state index is 9.01. The van der Waals surface area contributed by atoms with Crippen molar-refractivity contribution in [3.8, 4) is 5.75 Å². The molecule has 2 aromatic carbocycles. The van der Waals surface area contributed by atoms with Gasteiger partial charge in [-0.3, -0.25) is 0 Å². The van der Waals surface area contributed by atoms with Crippen molar-refractivity contribution in [3.63, 3.8) is 0 Å². The Labute approximate surface area is 149 Å². The van der Waals surface area contributed by atoms with Gasteiger partial charge in [0.25, 0.3) is 0 Å². The standard InChI is InChI=1S/C11H11N3S.C7H6OS/c1-12-7-14-10-5-3-2-4-8(10)9-6-13-15-11(9)14;8-7-4-2-1-3-6(7)5-9/h2-6,12H,7H2,1H3;1-5,8H. The molecule has 0 aliphatic heterocycles. The molecular formula is C18H17N3OS2. The van der Waals surface area contributed by atoms with Crippen LogP contribution in [-0.2, 0) is 6.67 Å². The lowest BCUT2D eigenvalue weighted by molar-refractivity contribution is 0.474. The summed E-state index contributed by atoms with van der Waals surface area (Å²) in [5.74, 6) is 0.243. The minimum absolute atomic E-state index is 0.243. The summed E-state index contributed by atoms with van der Waals surface area (Å²) in [4.78, 5) is 1.24. The number of nitrogens with one attached hydrogen (secondary N) is 1. The number of hydrogen-bond donors (Lipinski definition) is 2. The fraction of sp³-hybridized carbons (Fsp3) is 0.111. The molecule has 0 aliphatic rings. The molecule has 0 amide bonds. The zero-order chi connectivity index (χ0) is 16.9. The second-order valence-corrected chi connectivity index (χ2v) is 6.19. The normalized spacial score (nSPS) is 10.5. The average molecular weight is 355 g/mol. The summed E-state index contributed by atoms with van der Waals surface area (Å²) in [6.07, 6.45) is 1.95. The molecular weight excluding hydrogens is 338 g/mol. The van der Waals surface area contributed by atoms with E-state index in [9.17, 15) is 0 Å². The van der Waals surface area contributed by atoms with Crippen LogP contribution in [0.3, 0.4) is 0 Å². The highest BCUT2D eigenvalue weighted by Gasteiger charge is 2.10. The van der Waals surface area contributed by atoms with Gasteiger partial charge in [-0.25, -0.2) is 0 Å². The Morgan fingerprint density at radius 3 is 2.62 bits per heavy atom. The molecule has 0 fully saturated rings. The Morgan fingerprint density at radius 1 is 1.17 bits per heavy atom. The van der Waals surface area contributed by atoms with Gasteiger partial charge in [0.1, 0.15) is 10.6 Å². The molecule has 2 N–H and O–H groups in total. The van der Waals surface area contributed by atoms with E-state index in [1.807, 2.05) is 19.3 Å². The fourth-order valence-electron chi connectivity index (χ4n) is 2.56. The molecule has 0 bridgehead atoms. The first-order chi connectivity index (χ1) is 11.8. The molecule has 2 aromatic heterocycles. The van der Waals surface area contributed by atoms with E-state index in [0.717, 1.165) is 6.67 Å². The maximum Gasteiger partial charge on any atom is 0.125 e. The lowest BCUT2D eigenvalue weighted by Crippen LogP contribution is -2.11. The van der Waals surface area contributed by atoms with Gasteiger partial charge < -0.3 is 15.0 Å². The van der Waals surface area contributed by atoms with Crippen LogP contribution < -0.4 is 5.32 Å². The number of nitrogens with zero attached hydrogens (tertiary/aromatic N) is 2. The lowest BCUT2D eigenvalue weighted by Gasteiger charge is -2.03. The maximum atomic E-state index is 9.01. The largest absolute Gasteiger partial charge is 0.507 e. The molecule has 2 heterocycles. The van der Waals surface area contributed by atoms with Gasteiger partial charge in [0.2, 0.25) is 0 Å². The summed E-state index contributed by atoms with van der Waals surface area (Å²) in [7, 11) is 1.96. The van der Waals surface area contributed by atoms with E-state index in [-0.39, 0.29) is 5.75 Å². The number of phenols is 1. The number of fused-ring (bicyclic) bond motifs is 3. The SMILES string of the molecule is CNCn1c2ccccc2c2cnsc21.Oc1ccccc1C=S. The topological polar surface area (TPSA) is 50.1 Å². The van der Waals surface area contributed by atoms with Crippen molar-refractivity contribution < 1.29 is 5.11 Å². The number of phenolic OH excluding ortho intramolecular Hbond substituents is 1. The zero-order valence-electron chi connectivity index (χ0n) is 13.1. The monoisotopic (exact) mass is 355 g/mol. The van der Waals surface area contributed by atoms with Crippen LogP contribution in [0.2, 0.25) is 0 Å². The molecule has 122 valence electrons. The van der Waals surface area contributed by atoms with Gasteiger partial charge in [0.15, 0.2) is 0 Å². The molecule has 0 radical (unpaired) electrons. The van der Waals surface area contributed by atoms with Crippen molar-refractivity contribution in [1.82, 2.24) is 14.3 Å². The Balaban J connectivity index is 0.000000162. The molecule has 0 atom stereocenters. The van der Waals surface area contributed by atoms with Crippen LogP contribution in [0.1, 0.15) is 5.56 Å². The van der Waals surface area contributed by atoms with Crippen molar-refractivity contribution in [2.24, 2.45) is 0 Å². The lowest BCUT2D eigenvalue weighted by atomic mass is 10.2. The molecule has 4 rings (SSSR count). The number of para-hydroxylation sites is 2. The van der Waals surface area contributed by atoms with Crippen LogP contribution in [-0.4, -0.2) is 26.5 Å². The number of thiocarbonyl (C=S) groups is 1.